The third-order valence-corrected chi connectivity index (χ3v) is 4.58. The zero-order valence-electron chi connectivity index (χ0n) is 13.4. The van der Waals surface area contributed by atoms with Crippen LogP contribution < -0.4 is 10.6 Å². The highest BCUT2D eigenvalue weighted by Crippen LogP contribution is 2.34. The number of benzene rings is 1. The summed E-state index contributed by atoms with van der Waals surface area (Å²) in [5.74, 6) is 1.60. The normalized spacial score (nSPS) is 16.7. The first kappa shape index (κ1) is 17.4. The van der Waals surface area contributed by atoms with E-state index in [1.807, 2.05) is 12.1 Å². The molecule has 6 heteroatoms. The summed E-state index contributed by atoms with van der Waals surface area (Å²) in [7, 11) is 6.04. The van der Waals surface area contributed by atoms with Gasteiger partial charge in [0.25, 0.3) is 0 Å². The van der Waals surface area contributed by atoms with Crippen LogP contribution in [-0.4, -0.2) is 44.6 Å². The van der Waals surface area contributed by atoms with Crippen LogP contribution in [0.25, 0.3) is 0 Å². The van der Waals surface area contributed by atoms with Crippen LogP contribution in [0.5, 0.6) is 0 Å². The lowest BCUT2D eigenvalue weighted by molar-refractivity contribution is 0.264. The highest BCUT2D eigenvalue weighted by molar-refractivity contribution is 6.35. The molecular weight excluding hydrogens is 319 g/mol. The van der Waals surface area contributed by atoms with Crippen molar-refractivity contribution >= 4 is 29.2 Å². The van der Waals surface area contributed by atoms with Gasteiger partial charge in [-0.1, -0.05) is 29.3 Å². The van der Waals surface area contributed by atoms with E-state index in [1.165, 1.54) is 12.8 Å². The largest absolute Gasteiger partial charge is 0.355 e. The van der Waals surface area contributed by atoms with E-state index < -0.39 is 0 Å². The first-order valence-electron chi connectivity index (χ1n) is 7.56. The molecule has 1 fully saturated rings. The molecule has 4 nitrogen and oxygen atoms in total. The van der Waals surface area contributed by atoms with Gasteiger partial charge in [-0.2, -0.15) is 0 Å². The molecule has 22 heavy (non-hydrogen) atoms. The van der Waals surface area contributed by atoms with E-state index >= 15 is 0 Å². The summed E-state index contributed by atoms with van der Waals surface area (Å²) < 4.78 is 0. The van der Waals surface area contributed by atoms with E-state index in [9.17, 15) is 0 Å². The van der Waals surface area contributed by atoms with Crippen molar-refractivity contribution in [2.75, 3.05) is 27.7 Å². The Balaban J connectivity index is 1.84. The number of likely N-dealkylation sites (N-methyl/N-ethyl adjacent to an activating group) is 1. The van der Waals surface area contributed by atoms with Crippen LogP contribution in [0.3, 0.4) is 0 Å². The van der Waals surface area contributed by atoms with Crippen molar-refractivity contribution in [3.05, 3.63) is 33.8 Å². The summed E-state index contributed by atoms with van der Waals surface area (Å²) in [6.45, 7) is 1.51. The minimum absolute atomic E-state index is 0.553. The second-order valence-corrected chi connectivity index (χ2v) is 6.75. The van der Waals surface area contributed by atoms with Crippen LogP contribution in [0, 0.1) is 5.92 Å². The van der Waals surface area contributed by atoms with Crippen LogP contribution >= 0.6 is 23.2 Å². The monoisotopic (exact) mass is 342 g/mol. The molecule has 0 aliphatic heterocycles. The highest BCUT2D eigenvalue weighted by atomic mass is 35.5. The lowest BCUT2D eigenvalue weighted by Gasteiger charge is -2.25. The van der Waals surface area contributed by atoms with E-state index in [0.29, 0.717) is 22.6 Å². The summed E-state index contributed by atoms with van der Waals surface area (Å²) in [4.78, 5) is 6.55. The number of hydrogen-bond acceptors (Lipinski definition) is 2. The van der Waals surface area contributed by atoms with E-state index in [4.69, 9.17) is 23.2 Å². The summed E-state index contributed by atoms with van der Waals surface area (Å²) >= 11 is 12.1. The molecule has 0 aromatic heterocycles. The Hall–Kier alpha value is -0.970. The van der Waals surface area contributed by atoms with Gasteiger partial charge >= 0.3 is 0 Å². The minimum atomic E-state index is 0.553. The molecule has 0 radical (unpaired) electrons. The van der Waals surface area contributed by atoms with Gasteiger partial charge in [-0.3, -0.25) is 4.99 Å². The number of nitrogens with one attached hydrogen (secondary N) is 2. The molecule has 2 rings (SSSR count). The van der Waals surface area contributed by atoms with Crippen molar-refractivity contribution in [3.8, 4) is 0 Å². The van der Waals surface area contributed by atoms with Crippen molar-refractivity contribution < 1.29 is 0 Å². The van der Waals surface area contributed by atoms with Crippen LogP contribution in [0.1, 0.15) is 18.4 Å². The van der Waals surface area contributed by atoms with E-state index in [1.54, 1.807) is 13.1 Å². The van der Waals surface area contributed by atoms with Crippen molar-refractivity contribution in [1.29, 1.82) is 0 Å². The molecule has 0 amide bonds. The molecule has 0 heterocycles. The maximum Gasteiger partial charge on any atom is 0.191 e. The number of rotatable bonds is 6. The predicted molar refractivity (Wildman–Crippen MR) is 94.9 cm³/mol. The molecule has 1 aromatic rings. The third-order valence-electron chi connectivity index (χ3n) is 3.99. The number of guanidine groups is 1. The first-order valence-corrected chi connectivity index (χ1v) is 8.31. The smallest absolute Gasteiger partial charge is 0.191 e. The SMILES string of the molecule is CN=C(NCc1ccc(Cl)cc1Cl)NCC(C1CC1)N(C)C. The second-order valence-electron chi connectivity index (χ2n) is 5.91. The Morgan fingerprint density at radius 2 is 2.05 bits per heavy atom. The molecular formula is C16H24Cl2N4. The predicted octanol–water partition coefficient (Wildman–Crippen LogP) is 3.00. The van der Waals surface area contributed by atoms with Gasteiger partial charge in [-0.05, 0) is 50.6 Å². The zero-order chi connectivity index (χ0) is 16.1. The minimum Gasteiger partial charge on any atom is -0.355 e. The molecule has 1 aromatic carbocycles. The molecule has 1 unspecified atom stereocenters. The third kappa shape index (κ3) is 5.04. The van der Waals surface area contributed by atoms with Gasteiger partial charge in [0.2, 0.25) is 0 Å². The summed E-state index contributed by atoms with van der Waals surface area (Å²) in [6.07, 6.45) is 2.66. The molecule has 0 bridgehead atoms. The fourth-order valence-corrected chi connectivity index (χ4v) is 2.99. The fraction of sp³-hybridized carbons (Fsp3) is 0.562. The number of hydrogen-bond donors (Lipinski definition) is 2. The molecule has 122 valence electrons. The molecule has 1 atom stereocenters. The van der Waals surface area contributed by atoms with Crippen LogP contribution in [0.15, 0.2) is 23.2 Å². The molecule has 1 saturated carbocycles. The molecule has 1 aliphatic rings. The lowest BCUT2D eigenvalue weighted by atomic mass is 10.1. The van der Waals surface area contributed by atoms with Crippen LogP contribution in [0.2, 0.25) is 10.0 Å². The Morgan fingerprint density at radius 1 is 1.32 bits per heavy atom. The summed E-state index contributed by atoms with van der Waals surface area (Å²) in [5, 5.41) is 8.01. The lowest BCUT2D eigenvalue weighted by Crippen LogP contribution is -2.45. The summed E-state index contributed by atoms with van der Waals surface area (Å²) in [6, 6.07) is 6.08. The van der Waals surface area contributed by atoms with E-state index in [2.05, 4.69) is 34.6 Å². The fourth-order valence-electron chi connectivity index (χ4n) is 2.52. The topological polar surface area (TPSA) is 39.7 Å². The van der Waals surface area contributed by atoms with Gasteiger partial charge < -0.3 is 15.5 Å². The molecule has 1 aliphatic carbocycles. The Kier molecular flexibility index (Phi) is 6.36. The Labute approximate surface area is 142 Å². The van der Waals surface area contributed by atoms with Crippen molar-refractivity contribution in [3.63, 3.8) is 0 Å². The molecule has 0 spiro atoms. The molecule has 0 saturated heterocycles. The zero-order valence-corrected chi connectivity index (χ0v) is 14.9. The standard InChI is InChI=1S/C16H24Cl2N4/c1-19-16(21-10-15(22(2)3)11-4-5-11)20-9-12-6-7-13(17)8-14(12)18/h6-8,11,15H,4-5,9-10H2,1-3H3,(H2,19,20,21). The number of nitrogens with zero attached hydrogens (tertiary/aromatic N) is 2. The average molecular weight is 343 g/mol. The summed E-state index contributed by atoms with van der Waals surface area (Å²) in [5.41, 5.74) is 1.00. The molecule has 2 N–H and O–H groups in total. The van der Waals surface area contributed by atoms with Gasteiger partial charge in [-0.15, -0.1) is 0 Å². The van der Waals surface area contributed by atoms with Gasteiger partial charge in [0.05, 0.1) is 0 Å². The first-order chi connectivity index (χ1) is 10.5. The maximum absolute atomic E-state index is 6.18. The van der Waals surface area contributed by atoms with Crippen molar-refractivity contribution in [2.45, 2.75) is 25.4 Å². The highest BCUT2D eigenvalue weighted by Gasteiger charge is 2.32. The van der Waals surface area contributed by atoms with Crippen molar-refractivity contribution in [2.24, 2.45) is 10.9 Å². The Bertz CT molecular complexity index is 525. The van der Waals surface area contributed by atoms with Gasteiger partial charge in [0, 0.05) is 36.2 Å². The average Bonchev–Trinajstić information content (AvgIpc) is 3.28. The van der Waals surface area contributed by atoms with Gasteiger partial charge in [0.15, 0.2) is 5.96 Å². The van der Waals surface area contributed by atoms with E-state index in [0.717, 1.165) is 24.0 Å². The van der Waals surface area contributed by atoms with E-state index in [-0.39, 0.29) is 0 Å². The van der Waals surface area contributed by atoms with Crippen molar-refractivity contribution in [1.82, 2.24) is 15.5 Å². The van der Waals surface area contributed by atoms with Crippen LogP contribution in [0.4, 0.5) is 0 Å². The van der Waals surface area contributed by atoms with Crippen LogP contribution in [-0.2, 0) is 6.54 Å². The van der Waals surface area contributed by atoms with Gasteiger partial charge in [-0.25, -0.2) is 0 Å². The maximum atomic E-state index is 6.18. The quantitative estimate of drug-likeness (QED) is 0.616. The second kappa shape index (κ2) is 8.04. The number of aliphatic imine (C=N–C) groups is 1. The van der Waals surface area contributed by atoms with Gasteiger partial charge in [0.1, 0.15) is 0 Å². The number of halogens is 2. The Morgan fingerprint density at radius 3 is 2.59 bits per heavy atom.